The van der Waals surface area contributed by atoms with Crippen LogP contribution in [0, 0.1) is 0 Å². The fourth-order valence-corrected chi connectivity index (χ4v) is 4.30. The molecular formula is C27H21NO5. The molecule has 2 heterocycles. The Kier molecular flexibility index (Phi) is 5.05. The van der Waals surface area contributed by atoms with Gasteiger partial charge in [-0.3, -0.25) is 19.3 Å². The van der Waals surface area contributed by atoms with E-state index in [1.807, 2.05) is 31.2 Å². The number of carbonyl (C=O) groups excluding carboxylic acids is 2. The number of para-hydroxylation sites is 1. The van der Waals surface area contributed by atoms with Gasteiger partial charge in [0.05, 0.1) is 23.6 Å². The van der Waals surface area contributed by atoms with Gasteiger partial charge in [-0.05, 0) is 67.9 Å². The summed E-state index contributed by atoms with van der Waals surface area (Å²) in [6.45, 7) is 3.87. The van der Waals surface area contributed by atoms with Crippen LogP contribution in [0.5, 0.6) is 5.75 Å². The van der Waals surface area contributed by atoms with Crippen molar-refractivity contribution >= 4 is 28.3 Å². The van der Waals surface area contributed by atoms with Crippen LogP contribution in [-0.4, -0.2) is 18.3 Å². The first-order valence-electron chi connectivity index (χ1n) is 10.7. The maximum Gasteiger partial charge on any atom is 0.295 e. The molecule has 33 heavy (non-hydrogen) atoms. The minimum Gasteiger partial charge on any atom is -0.494 e. The molecule has 164 valence electrons. The van der Waals surface area contributed by atoms with Gasteiger partial charge in [0.1, 0.15) is 11.3 Å². The number of benzene rings is 3. The van der Waals surface area contributed by atoms with Gasteiger partial charge < -0.3 is 9.15 Å². The van der Waals surface area contributed by atoms with E-state index in [0.29, 0.717) is 40.1 Å². The van der Waals surface area contributed by atoms with Crippen molar-refractivity contribution in [3.63, 3.8) is 0 Å². The van der Waals surface area contributed by atoms with Gasteiger partial charge in [-0.2, -0.15) is 0 Å². The molecule has 1 atom stereocenters. The summed E-state index contributed by atoms with van der Waals surface area (Å²) < 4.78 is 11.6. The van der Waals surface area contributed by atoms with Crippen molar-refractivity contribution in [3.05, 3.63) is 105 Å². The summed E-state index contributed by atoms with van der Waals surface area (Å²) in [5, 5.41) is 0.420. The van der Waals surface area contributed by atoms with Crippen LogP contribution in [0.4, 0.5) is 5.69 Å². The Morgan fingerprint density at radius 2 is 1.76 bits per heavy atom. The highest BCUT2D eigenvalue weighted by Gasteiger charge is 2.43. The molecule has 0 spiro atoms. The van der Waals surface area contributed by atoms with E-state index >= 15 is 0 Å². The third kappa shape index (κ3) is 3.40. The monoisotopic (exact) mass is 439 g/mol. The summed E-state index contributed by atoms with van der Waals surface area (Å²) in [6.07, 6.45) is 0. The second-order valence-electron chi connectivity index (χ2n) is 7.86. The van der Waals surface area contributed by atoms with E-state index in [9.17, 15) is 14.4 Å². The highest BCUT2D eigenvalue weighted by Crippen LogP contribution is 2.41. The molecule has 1 amide bonds. The number of rotatable bonds is 5. The fraction of sp³-hybridized carbons (Fsp3) is 0.148. The van der Waals surface area contributed by atoms with Gasteiger partial charge in [0.15, 0.2) is 11.2 Å². The molecule has 3 aromatic carbocycles. The predicted molar refractivity (Wildman–Crippen MR) is 125 cm³/mol. The van der Waals surface area contributed by atoms with Crippen LogP contribution in [0.25, 0.3) is 11.0 Å². The zero-order chi connectivity index (χ0) is 23.1. The van der Waals surface area contributed by atoms with Gasteiger partial charge in [-0.15, -0.1) is 0 Å². The number of amides is 1. The summed E-state index contributed by atoms with van der Waals surface area (Å²) in [7, 11) is 0. The van der Waals surface area contributed by atoms with E-state index in [1.54, 1.807) is 53.4 Å². The molecule has 0 bridgehead atoms. The van der Waals surface area contributed by atoms with Gasteiger partial charge in [0, 0.05) is 11.3 Å². The highest BCUT2D eigenvalue weighted by molar-refractivity contribution is 6.11. The summed E-state index contributed by atoms with van der Waals surface area (Å²) in [5.41, 5.74) is 2.25. The average molecular weight is 439 g/mol. The first-order chi connectivity index (χ1) is 16.0. The summed E-state index contributed by atoms with van der Waals surface area (Å²) in [6, 6.07) is 20.4. The molecule has 1 unspecified atom stereocenters. The summed E-state index contributed by atoms with van der Waals surface area (Å²) in [5.74, 6) is 0.200. The zero-order valence-electron chi connectivity index (χ0n) is 18.2. The minimum atomic E-state index is -0.697. The van der Waals surface area contributed by atoms with Crippen molar-refractivity contribution in [2.24, 2.45) is 0 Å². The lowest BCUT2D eigenvalue weighted by Crippen LogP contribution is -2.29. The summed E-state index contributed by atoms with van der Waals surface area (Å²) in [4.78, 5) is 40.4. The number of fused-ring (bicyclic) bond motifs is 2. The van der Waals surface area contributed by atoms with Crippen LogP contribution in [0.2, 0.25) is 0 Å². The largest absolute Gasteiger partial charge is 0.494 e. The molecule has 1 aliphatic heterocycles. The standard InChI is InChI=1S/C27H21NO5/c1-3-32-20-8-6-7-18(15-20)24-23-25(30)21-9-4-5-10-22(21)33-26(23)27(31)28(24)19-13-11-17(12-14-19)16(2)29/h4-15,24H,3H2,1-2H3. The van der Waals surface area contributed by atoms with Gasteiger partial charge in [-0.25, -0.2) is 0 Å². The molecule has 0 N–H and O–H groups in total. The number of anilines is 1. The first kappa shape index (κ1) is 20.7. The Labute approximate surface area is 190 Å². The van der Waals surface area contributed by atoms with Crippen molar-refractivity contribution in [2.45, 2.75) is 19.9 Å². The SMILES string of the molecule is CCOc1cccc(C2c3c(oc4ccccc4c3=O)C(=O)N2c2ccc(C(C)=O)cc2)c1. The first-order valence-corrected chi connectivity index (χ1v) is 10.7. The van der Waals surface area contributed by atoms with Gasteiger partial charge in [0.25, 0.3) is 5.91 Å². The maximum absolute atomic E-state index is 13.6. The van der Waals surface area contributed by atoms with Crippen LogP contribution in [0.1, 0.15) is 51.9 Å². The Hall–Kier alpha value is -4.19. The molecule has 0 radical (unpaired) electrons. The molecule has 5 rings (SSSR count). The normalized spacial score (nSPS) is 15.0. The number of nitrogens with zero attached hydrogens (tertiary/aromatic N) is 1. The van der Waals surface area contributed by atoms with Gasteiger partial charge >= 0.3 is 0 Å². The van der Waals surface area contributed by atoms with Crippen LogP contribution < -0.4 is 15.1 Å². The van der Waals surface area contributed by atoms with Gasteiger partial charge in [-0.1, -0.05) is 24.3 Å². The predicted octanol–water partition coefficient (Wildman–Crippen LogP) is 5.14. The van der Waals surface area contributed by atoms with Crippen LogP contribution in [0.3, 0.4) is 0 Å². The van der Waals surface area contributed by atoms with Crippen LogP contribution >= 0.6 is 0 Å². The molecular weight excluding hydrogens is 418 g/mol. The molecule has 6 nitrogen and oxygen atoms in total. The Balaban J connectivity index is 1.75. The van der Waals surface area contributed by atoms with E-state index in [1.165, 1.54) is 6.92 Å². The van der Waals surface area contributed by atoms with Gasteiger partial charge in [0.2, 0.25) is 5.76 Å². The second kappa shape index (κ2) is 8.06. The fourth-order valence-electron chi connectivity index (χ4n) is 4.30. The maximum atomic E-state index is 13.6. The van der Waals surface area contributed by atoms with E-state index < -0.39 is 11.9 Å². The quantitative estimate of drug-likeness (QED) is 0.402. The molecule has 6 heteroatoms. The lowest BCUT2D eigenvalue weighted by Gasteiger charge is -2.25. The molecule has 1 aliphatic rings. The lowest BCUT2D eigenvalue weighted by atomic mass is 9.98. The number of Topliss-reactive ketones (excluding diaryl/α,β-unsaturated/α-hetero) is 1. The molecule has 0 fully saturated rings. The number of hydrogen-bond acceptors (Lipinski definition) is 5. The number of carbonyl (C=O) groups is 2. The van der Waals surface area contributed by atoms with E-state index in [-0.39, 0.29) is 17.0 Å². The van der Waals surface area contributed by atoms with Crippen molar-refractivity contribution in [3.8, 4) is 5.75 Å². The van der Waals surface area contributed by atoms with Crippen LogP contribution in [-0.2, 0) is 0 Å². The number of hydrogen-bond donors (Lipinski definition) is 0. The molecule has 1 aromatic heterocycles. The minimum absolute atomic E-state index is 0.0288. The number of ketones is 1. The van der Waals surface area contributed by atoms with E-state index in [2.05, 4.69) is 0 Å². The van der Waals surface area contributed by atoms with Crippen molar-refractivity contribution in [1.82, 2.24) is 0 Å². The topological polar surface area (TPSA) is 76.8 Å². The molecule has 0 saturated carbocycles. The van der Waals surface area contributed by atoms with Crippen molar-refractivity contribution in [2.75, 3.05) is 11.5 Å². The van der Waals surface area contributed by atoms with Crippen LogP contribution in [0.15, 0.2) is 82.0 Å². The summed E-state index contributed by atoms with van der Waals surface area (Å²) >= 11 is 0. The van der Waals surface area contributed by atoms with Crippen molar-refractivity contribution in [1.29, 1.82) is 0 Å². The highest BCUT2D eigenvalue weighted by atomic mass is 16.5. The zero-order valence-corrected chi connectivity index (χ0v) is 18.2. The van der Waals surface area contributed by atoms with E-state index in [0.717, 1.165) is 5.56 Å². The Morgan fingerprint density at radius 1 is 1.00 bits per heavy atom. The molecule has 0 saturated heterocycles. The lowest BCUT2D eigenvalue weighted by molar-refractivity contribution is 0.0970. The van der Waals surface area contributed by atoms with E-state index in [4.69, 9.17) is 9.15 Å². The average Bonchev–Trinajstić information content (AvgIpc) is 3.12. The second-order valence-corrected chi connectivity index (χ2v) is 7.86. The third-order valence-corrected chi connectivity index (χ3v) is 5.81. The Morgan fingerprint density at radius 3 is 2.48 bits per heavy atom. The smallest absolute Gasteiger partial charge is 0.295 e. The number of ether oxygens (including phenoxy) is 1. The molecule has 0 aliphatic carbocycles. The Bertz CT molecular complexity index is 1450. The third-order valence-electron chi connectivity index (χ3n) is 5.81. The molecule has 4 aromatic rings. The van der Waals surface area contributed by atoms with Crippen molar-refractivity contribution < 1.29 is 18.7 Å².